The lowest BCUT2D eigenvalue weighted by atomic mass is 10.1. The van der Waals surface area contributed by atoms with Gasteiger partial charge in [0, 0.05) is 36.2 Å². The van der Waals surface area contributed by atoms with E-state index in [2.05, 4.69) is 15.6 Å². The number of aromatic nitrogens is 2. The van der Waals surface area contributed by atoms with Crippen molar-refractivity contribution in [3.8, 4) is 26.9 Å². The van der Waals surface area contributed by atoms with Crippen LogP contribution in [0.5, 0.6) is 5.75 Å². The lowest BCUT2D eigenvalue weighted by molar-refractivity contribution is -0.135. The molecule has 204 valence electrons. The average molecular weight is 575 g/mol. The molecule has 10 nitrogen and oxygen atoms in total. The highest BCUT2D eigenvalue weighted by Crippen LogP contribution is 2.42. The third-order valence-electron chi connectivity index (χ3n) is 6.76. The minimum atomic E-state index is -0.431. The van der Waals surface area contributed by atoms with Crippen LogP contribution in [0, 0.1) is 6.92 Å². The Morgan fingerprint density at radius 2 is 1.93 bits per heavy atom. The van der Waals surface area contributed by atoms with Crippen molar-refractivity contribution in [3.63, 3.8) is 0 Å². The van der Waals surface area contributed by atoms with Crippen LogP contribution in [-0.2, 0) is 14.4 Å². The van der Waals surface area contributed by atoms with Crippen LogP contribution in [0.4, 0.5) is 5.82 Å². The molecule has 0 radical (unpaired) electrons. The lowest BCUT2D eigenvalue weighted by Crippen LogP contribution is -2.48. The molecule has 1 aromatic carbocycles. The molecule has 0 atom stereocenters. The predicted octanol–water partition coefficient (Wildman–Crippen LogP) is 3.85. The smallest absolute Gasteiger partial charge is 0.275 e. The van der Waals surface area contributed by atoms with Crippen molar-refractivity contribution < 1.29 is 19.1 Å². The van der Waals surface area contributed by atoms with Crippen LogP contribution in [0.3, 0.4) is 0 Å². The fourth-order valence-corrected chi connectivity index (χ4v) is 6.53. The zero-order chi connectivity index (χ0) is 27.8. The van der Waals surface area contributed by atoms with Crippen molar-refractivity contribution in [2.75, 3.05) is 38.2 Å². The Bertz CT molecular complexity index is 1650. The number of nitrogens with one attached hydrogen (secondary N) is 2. The molecule has 0 bridgehead atoms. The Kier molecular flexibility index (Phi) is 7.05. The number of benzene rings is 1. The predicted molar refractivity (Wildman–Crippen MR) is 155 cm³/mol. The molecular formula is C28H26N6O4S2. The van der Waals surface area contributed by atoms with Gasteiger partial charge in [0.15, 0.2) is 11.6 Å². The summed E-state index contributed by atoms with van der Waals surface area (Å²) >= 11 is 3.05. The Hall–Kier alpha value is -4.13. The zero-order valence-corrected chi connectivity index (χ0v) is 23.5. The molecule has 0 saturated carbocycles. The Morgan fingerprint density at radius 3 is 2.62 bits per heavy atom. The van der Waals surface area contributed by atoms with Crippen LogP contribution < -0.4 is 15.5 Å². The molecule has 0 aliphatic carbocycles. The third-order valence-corrected chi connectivity index (χ3v) is 8.86. The number of amides is 3. The van der Waals surface area contributed by atoms with Crippen LogP contribution in [0.15, 0.2) is 53.4 Å². The number of hydrogen-bond donors (Lipinski definition) is 2. The minimum absolute atomic E-state index is 0.0465. The average Bonchev–Trinajstić information content (AvgIpc) is 3.65. The van der Waals surface area contributed by atoms with Crippen LogP contribution in [0.1, 0.15) is 12.5 Å². The van der Waals surface area contributed by atoms with Crippen molar-refractivity contribution in [1.82, 2.24) is 25.2 Å². The molecule has 1 fully saturated rings. The van der Waals surface area contributed by atoms with E-state index < -0.39 is 11.8 Å². The first-order valence-electron chi connectivity index (χ1n) is 12.8. The number of hydrogen-bond acceptors (Lipinski definition) is 10. The fraction of sp³-hybridized carbons (Fsp3) is 0.250. The molecule has 4 aromatic rings. The van der Waals surface area contributed by atoms with Gasteiger partial charge in [-0.25, -0.2) is 9.97 Å². The number of aryl methyl sites for hydroxylation is 1. The van der Waals surface area contributed by atoms with Gasteiger partial charge in [0.1, 0.15) is 17.2 Å². The largest absolute Gasteiger partial charge is 0.492 e. The Labute approximate surface area is 238 Å². The quantitative estimate of drug-likeness (QED) is 0.305. The molecule has 2 aliphatic heterocycles. The lowest BCUT2D eigenvalue weighted by Gasteiger charge is -2.26. The summed E-state index contributed by atoms with van der Waals surface area (Å²) in [6.07, 6.45) is 1.31. The van der Waals surface area contributed by atoms with Crippen molar-refractivity contribution in [2.24, 2.45) is 0 Å². The first-order chi connectivity index (χ1) is 19.4. The SMILES string of the molecule is CC1=CC(=O)N(Nc2nc(-c3cccs3)nc3sc(-c4ccc(OCCN5CCNC(=O)C5)cc4)c(C)c23)C1=O. The number of hydrazine groups is 1. The third kappa shape index (κ3) is 5.08. The number of imide groups is 1. The van der Waals surface area contributed by atoms with Crippen molar-refractivity contribution in [3.05, 3.63) is 59.0 Å². The van der Waals surface area contributed by atoms with Gasteiger partial charge in [-0.2, -0.15) is 5.01 Å². The normalized spacial score (nSPS) is 16.0. The fourth-order valence-electron chi connectivity index (χ4n) is 4.69. The second-order valence-corrected chi connectivity index (χ2v) is 11.5. The summed E-state index contributed by atoms with van der Waals surface area (Å²) in [5.74, 6) is 0.896. The molecule has 1 saturated heterocycles. The Morgan fingerprint density at radius 1 is 1.10 bits per heavy atom. The van der Waals surface area contributed by atoms with Gasteiger partial charge in [-0.05, 0) is 60.7 Å². The van der Waals surface area contributed by atoms with Gasteiger partial charge in [-0.15, -0.1) is 22.7 Å². The van der Waals surface area contributed by atoms with E-state index in [1.807, 2.05) is 48.7 Å². The van der Waals surface area contributed by atoms with E-state index in [1.165, 1.54) is 28.7 Å². The Balaban J connectivity index is 1.27. The highest BCUT2D eigenvalue weighted by atomic mass is 32.1. The highest BCUT2D eigenvalue weighted by molar-refractivity contribution is 7.22. The first kappa shape index (κ1) is 26.1. The van der Waals surface area contributed by atoms with E-state index in [9.17, 15) is 14.4 Å². The number of nitrogens with zero attached hydrogens (tertiary/aromatic N) is 4. The van der Waals surface area contributed by atoms with Gasteiger partial charge in [0.25, 0.3) is 11.8 Å². The summed E-state index contributed by atoms with van der Waals surface area (Å²) in [7, 11) is 0. The molecule has 2 N–H and O–H groups in total. The summed E-state index contributed by atoms with van der Waals surface area (Å²) < 4.78 is 5.93. The molecule has 0 unspecified atom stereocenters. The van der Waals surface area contributed by atoms with Crippen LogP contribution in [-0.4, -0.2) is 70.4 Å². The summed E-state index contributed by atoms with van der Waals surface area (Å²) in [6, 6.07) is 11.7. The van der Waals surface area contributed by atoms with E-state index >= 15 is 0 Å². The van der Waals surface area contributed by atoms with E-state index in [0.717, 1.165) is 48.4 Å². The van der Waals surface area contributed by atoms with Gasteiger partial charge in [-0.3, -0.25) is 24.7 Å². The zero-order valence-electron chi connectivity index (χ0n) is 21.9. The number of carbonyl (C=O) groups is 3. The molecule has 5 heterocycles. The van der Waals surface area contributed by atoms with Gasteiger partial charge in [0.05, 0.1) is 16.8 Å². The summed E-state index contributed by atoms with van der Waals surface area (Å²) in [5, 5.41) is 6.53. The first-order valence-corrected chi connectivity index (χ1v) is 14.5. The minimum Gasteiger partial charge on any atom is -0.492 e. The number of anilines is 1. The van der Waals surface area contributed by atoms with Crippen LogP contribution in [0.2, 0.25) is 0 Å². The molecule has 2 aliphatic rings. The number of ether oxygens (including phenoxy) is 1. The van der Waals surface area contributed by atoms with Crippen molar-refractivity contribution in [1.29, 1.82) is 0 Å². The monoisotopic (exact) mass is 574 g/mol. The van der Waals surface area contributed by atoms with Gasteiger partial charge >= 0.3 is 0 Å². The van der Waals surface area contributed by atoms with E-state index in [0.29, 0.717) is 43.5 Å². The number of fused-ring (bicyclic) bond motifs is 1. The van der Waals surface area contributed by atoms with Gasteiger partial charge in [0.2, 0.25) is 5.91 Å². The number of rotatable bonds is 8. The molecule has 3 aromatic heterocycles. The molecule has 3 amide bonds. The molecule has 40 heavy (non-hydrogen) atoms. The number of thiophene rings is 2. The van der Waals surface area contributed by atoms with Gasteiger partial charge in [-0.1, -0.05) is 6.07 Å². The maximum atomic E-state index is 12.6. The van der Waals surface area contributed by atoms with Gasteiger partial charge < -0.3 is 10.1 Å². The maximum absolute atomic E-state index is 12.6. The standard InChI is InChI=1S/C28H26N6O4S2/c1-16-14-22(36)34(28(16)37)32-26-23-17(2)24(40-27(23)31-25(30-26)20-4-3-13-39-20)18-5-7-19(8-6-18)38-12-11-33-10-9-29-21(35)15-33/h3-8,13-14H,9-12,15H2,1-2H3,(H,29,35)(H,30,31,32). The second kappa shape index (κ2) is 10.8. The van der Waals surface area contributed by atoms with E-state index in [-0.39, 0.29) is 5.91 Å². The van der Waals surface area contributed by atoms with Crippen LogP contribution >= 0.6 is 22.7 Å². The molecule has 12 heteroatoms. The summed E-state index contributed by atoms with van der Waals surface area (Å²) in [4.78, 5) is 50.9. The van der Waals surface area contributed by atoms with Crippen LogP contribution in [0.25, 0.3) is 31.4 Å². The van der Waals surface area contributed by atoms with Crippen molar-refractivity contribution in [2.45, 2.75) is 13.8 Å². The maximum Gasteiger partial charge on any atom is 0.275 e. The van der Waals surface area contributed by atoms with Crippen molar-refractivity contribution >= 4 is 56.4 Å². The topological polar surface area (TPSA) is 117 Å². The highest BCUT2D eigenvalue weighted by Gasteiger charge is 2.30. The molecule has 6 rings (SSSR count). The van der Waals surface area contributed by atoms with E-state index in [1.54, 1.807) is 6.92 Å². The molecular weight excluding hydrogens is 548 g/mol. The molecule has 0 spiro atoms. The number of piperazine rings is 1. The van der Waals surface area contributed by atoms with E-state index in [4.69, 9.17) is 14.7 Å². The summed E-state index contributed by atoms with van der Waals surface area (Å²) in [6.45, 7) is 6.67. The summed E-state index contributed by atoms with van der Waals surface area (Å²) in [5.41, 5.74) is 5.29. The number of carbonyl (C=O) groups excluding carboxylic acids is 3. The second-order valence-electron chi connectivity index (χ2n) is 9.53.